The molecule has 144 valence electrons. The number of aliphatic hydroxyl groups is 1. The molecule has 7 heteroatoms. The van der Waals surface area contributed by atoms with E-state index in [4.69, 9.17) is 4.74 Å². The average molecular weight is 378 g/mol. The van der Waals surface area contributed by atoms with Crippen LogP contribution in [0.2, 0.25) is 0 Å². The Morgan fingerprint density at radius 3 is 2.71 bits per heavy atom. The van der Waals surface area contributed by atoms with Crippen LogP contribution in [0, 0.1) is 0 Å². The monoisotopic (exact) mass is 378 g/mol. The van der Waals surface area contributed by atoms with Crippen molar-refractivity contribution in [2.45, 2.75) is 25.9 Å². The molecule has 1 aliphatic rings. The van der Waals surface area contributed by atoms with Gasteiger partial charge in [0.25, 0.3) is 0 Å². The molecule has 4 rings (SSSR count). The molecule has 0 saturated carbocycles. The van der Waals surface area contributed by atoms with Crippen LogP contribution in [0.5, 0.6) is 5.75 Å². The number of carbonyl (C=O) groups is 1. The molecule has 1 atom stereocenters. The van der Waals surface area contributed by atoms with Gasteiger partial charge in [0.15, 0.2) is 11.6 Å². The van der Waals surface area contributed by atoms with Gasteiger partial charge in [0, 0.05) is 24.2 Å². The third-order valence-corrected chi connectivity index (χ3v) is 4.80. The molecule has 0 radical (unpaired) electrons. The first-order chi connectivity index (χ1) is 13.6. The van der Waals surface area contributed by atoms with E-state index in [0.717, 1.165) is 29.9 Å². The average Bonchev–Trinajstić information content (AvgIpc) is 3.34. The molecule has 1 unspecified atom stereocenters. The van der Waals surface area contributed by atoms with Gasteiger partial charge in [0.1, 0.15) is 17.5 Å². The number of benzene rings is 2. The van der Waals surface area contributed by atoms with Crippen molar-refractivity contribution in [1.82, 2.24) is 14.8 Å². The topological polar surface area (TPSA) is 80.5 Å². The highest BCUT2D eigenvalue weighted by molar-refractivity contribution is 5.95. The number of hydrogen-bond acceptors (Lipinski definition) is 5. The Balaban J connectivity index is 1.85. The zero-order chi connectivity index (χ0) is 19.7. The number of rotatable bonds is 5. The Labute approximate surface area is 163 Å². The van der Waals surface area contributed by atoms with Gasteiger partial charge in [0.2, 0.25) is 5.91 Å². The van der Waals surface area contributed by atoms with E-state index < -0.39 is 6.10 Å². The van der Waals surface area contributed by atoms with Crippen LogP contribution < -0.4 is 9.64 Å². The lowest BCUT2D eigenvalue weighted by Crippen LogP contribution is -2.23. The Morgan fingerprint density at radius 1 is 1.18 bits per heavy atom. The standard InChI is InChI=1S/C21H22N4O3/c1-14(26)20-22-21(25(23-20)17-9-3-4-10-18(17)28-2)15-7-5-8-16(13-15)24-12-6-11-19(24)27/h3-5,7-10,13-14,26H,6,11-12H2,1-2H3. The van der Waals surface area contributed by atoms with Crippen LogP contribution in [-0.4, -0.2) is 39.4 Å². The van der Waals surface area contributed by atoms with E-state index in [1.165, 1.54) is 0 Å². The van der Waals surface area contributed by atoms with Gasteiger partial charge in [-0.15, -0.1) is 5.10 Å². The van der Waals surface area contributed by atoms with Crippen LogP contribution in [0.3, 0.4) is 0 Å². The van der Waals surface area contributed by atoms with Crippen LogP contribution in [0.15, 0.2) is 48.5 Å². The highest BCUT2D eigenvalue weighted by Gasteiger charge is 2.23. The third-order valence-electron chi connectivity index (χ3n) is 4.80. The number of aliphatic hydroxyl groups excluding tert-OH is 1. The van der Waals surface area contributed by atoms with Crippen molar-refractivity contribution in [1.29, 1.82) is 0 Å². The Bertz CT molecular complexity index is 1010. The van der Waals surface area contributed by atoms with E-state index in [1.54, 1.807) is 23.6 Å². The van der Waals surface area contributed by atoms with Gasteiger partial charge in [-0.25, -0.2) is 9.67 Å². The molecule has 2 aromatic carbocycles. The molecular formula is C21H22N4O3. The quantitative estimate of drug-likeness (QED) is 0.738. The van der Waals surface area contributed by atoms with Gasteiger partial charge in [-0.3, -0.25) is 4.79 Å². The number of anilines is 1. The van der Waals surface area contributed by atoms with Gasteiger partial charge in [0.05, 0.1) is 7.11 Å². The van der Waals surface area contributed by atoms with Crippen molar-refractivity contribution in [2.24, 2.45) is 0 Å². The fraction of sp³-hybridized carbons (Fsp3) is 0.286. The van der Waals surface area contributed by atoms with Crippen LogP contribution >= 0.6 is 0 Å². The van der Waals surface area contributed by atoms with E-state index in [1.807, 2.05) is 48.5 Å². The molecule has 0 aliphatic carbocycles. The largest absolute Gasteiger partial charge is 0.494 e. The van der Waals surface area contributed by atoms with Crippen molar-refractivity contribution in [3.63, 3.8) is 0 Å². The van der Waals surface area contributed by atoms with Gasteiger partial charge in [-0.1, -0.05) is 24.3 Å². The highest BCUT2D eigenvalue weighted by atomic mass is 16.5. The van der Waals surface area contributed by atoms with Crippen molar-refractivity contribution < 1.29 is 14.6 Å². The van der Waals surface area contributed by atoms with E-state index in [-0.39, 0.29) is 5.91 Å². The van der Waals surface area contributed by atoms with Crippen LogP contribution in [0.4, 0.5) is 5.69 Å². The molecule has 1 amide bonds. The van der Waals surface area contributed by atoms with Crippen LogP contribution in [-0.2, 0) is 4.79 Å². The lowest BCUT2D eigenvalue weighted by atomic mass is 10.1. The summed E-state index contributed by atoms with van der Waals surface area (Å²) in [6.07, 6.45) is 0.638. The number of para-hydroxylation sites is 2. The fourth-order valence-corrected chi connectivity index (χ4v) is 3.40. The van der Waals surface area contributed by atoms with Crippen molar-refractivity contribution in [3.8, 4) is 22.8 Å². The molecule has 1 aliphatic heterocycles. The molecule has 1 aromatic heterocycles. The Kier molecular flexibility index (Phi) is 4.83. The fourth-order valence-electron chi connectivity index (χ4n) is 3.40. The summed E-state index contributed by atoms with van der Waals surface area (Å²) >= 11 is 0. The van der Waals surface area contributed by atoms with Gasteiger partial charge in [-0.2, -0.15) is 0 Å². The molecule has 28 heavy (non-hydrogen) atoms. The SMILES string of the molecule is COc1ccccc1-n1nc(C(C)O)nc1-c1cccc(N2CCCC2=O)c1. The first kappa shape index (κ1) is 18.2. The molecule has 0 spiro atoms. The Morgan fingerprint density at radius 2 is 2.00 bits per heavy atom. The van der Waals surface area contributed by atoms with Crippen molar-refractivity contribution in [3.05, 3.63) is 54.4 Å². The molecule has 0 bridgehead atoms. The number of amides is 1. The summed E-state index contributed by atoms with van der Waals surface area (Å²) in [7, 11) is 1.60. The summed E-state index contributed by atoms with van der Waals surface area (Å²) < 4.78 is 7.15. The first-order valence-corrected chi connectivity index (χ1v) is 9.27. The van der Waals surface area contributed by atoms with Gasteiger partial charge < -0.3 is 14.7 Å². The number of ether oxygens (including phenoxy) is 1. The van der Waals surface area contributed by atoms with E-state index in [9.17, 15) is 9.90 Å². The molecule has 1 N–H and O–H groups in total. The Hall–Kier alpha value is -3.19. The number of carbonyl (C=O) groups excluding carboxylic acids is 1. The zero-order valence-electron chi connectivity index (χ0n) is 15.9. The molecule has 1 fully saturated rings. The van der Waals surface area contributed by atoms with E-state index in [0.29, 0.717) is 23.8 Å². The lowest BCUT2D eigenvalue weighted by Gasteiger charge is -2.17. The second-order valence-electron chi connectivity index (χ2n) is 6.75. The second kappa shape index (κ2) is 7.44. The van der Waals surface area contributed by atoms with E-state index >= 15 is 0 Å². The normalized spacial score (nSPS) is 15.1. The molecule has 1 saturated heterocycles. The van der Waals surface area contributed by atoms with Crippen LogP contribution in [0.25, 0.3) is 17.1 Å². The molecular weight excluding hydrogens is 356 g/mol. The first-order valence-electron chi connectivity index (χ1n) is 9.27. The van der Waals surface area contributed by atoms with Crippen molar-refractivity contribution in [2.75, 3.05) is 18.6 Å². The van der Waals surface area contributed by atoms with Crippen molar-refractivity contribution >= 4 is 11.6 Å². The third kappa shape index (κ3) is 3.25. The maximum atomic E-state index is 12.1. The smallest absolute Gasteiger partial charge is 0.227 e. The predicted molar refractivity (Wildman–Crippen MR) is 106 cm³/mol. The number of aromatic nitrogens is 3. The predicted octanol–water partition coefficient (Wildman–Crippen LogP) is 3.12. The molecule has 7 nitrogen and oxygen atoms in total. The summed E-state index contributed by atoms with van der Waals surface area (Å²) in [4.78, 5) is 18.5. The summed E-state index contributed by atoms with van der Waals surface area (Å²) in [5, 5.41) is 14.5. The summed E-state index contributed by atoms with van der Waals surface area (Å²) in [5.74, 6) is 1.68. The molecule has 3 aromatic rings. The van der Waals surface area contributed by atoms with Gasteiger partial charge in [-0.05, 0) is 37.6 Å². The van der Waals surface area contributed by atoms with Crippen LogP contribution in [0.1, 0.15) is 31.7 Å². The number of nitrogens with zero attached hydrogens (tertiary/aromatic N) is 4. The molecule has 2 heterocycles. The summed E-state index contributed by atoms with van der Waals surface area (Å²) in [6.45, 7) is 2.35. The maximum Gasteiger partial charge on any atom is 0.227 e. The van der Waals surface area contributed by atoms with Gasteiger partial charge >= 0.3 is 0 Å². The zero-order valence-corrected chi connectivity index (χ0v) is 15.9. The highest BCUT2D eigenvalue weighted by Crippen LogP contribution is 2.31. The summed E-state index contributed by atoms with van der Waals surface area (Å²) in [6, 6.07) is 15.2. The van der Waals surface area contributed by atoms with E-state index in [2.05, 4.69) is 10.1 Å². The summed E-state index contributed by atoms with van der Waals surface area (Å²) in [5.41, 5.74) is 2.37. The number of hydrogen-bond donors (Lipinski definition) is 1. The lowest BCUT2D eigenvalue weighted by molar-refractivity contribution is -0.117. The minimum Gasteiger partial charge on any atom is -0.494 e. The minimum atomic E-state index is -0.807. The number of methoxy groups -OCH3 is 1. The minimum absolute atomic E-state index is 0.132. The second-order valence-corrected chi connectivity index (χ2v) is 6.75. The maximum absolute atomic E-state index is 12.1.